The van der Waals surface area contributed by atoms with Crippen LogP contribution in [0, 0.1) is 11.3 Å². The van der Waals surface area contributed by atoms with Gasteiger partial charge in [-0.15, -0.1) is 0 Å². The van der Waals surface area contributed by atoms with E-state index in [0.717, 1.165) is 40.7 Å². The number of carbonyl (C=O) groups is 4. The molecule has 3 saturated heterocycles. The fraction of sp³-hybridized carbons (Fsp3) is 0.525. The van der Waals surface area contributed by atoms with Crippen molar-refractivity contribution in [2.45, 2.75) is 65.1 Å². The van der Waals surface area contributed by atoms with Gasteiger partial charge < -0.3 is 24.2 Å². The van der Waals surface area contributed by atoms with Gasteiger partial charge in [0.1, 0.15) is 17.5 Å². The number of methoxy groups -OCH3 is 2. The first-order chi connectivity index (χ1) is 25.7. The first-order valence-electron chi connectivity index (χ1n) is 18.8. The molecule has 0 saturated carbocycles. The first kappa shape index (κ1) is 37.2. The Labute approximate surface area is 315 Å². The average molecular weight is 742 g/mol. The molecule has 4 amide bonds. The van der Waals surface area contributed by atoms with Crippen molar-refractivity contribution in [2.24, 2.45) is 18.4 Å². The second-order valence-corrected chi connectivity index (χ2v) is 15.6. The average Bonchev–Trinajstić information content (AvgIpc) is 3.41. The van der Waals surface area contributed by atoms with Crippen LogP contribution >= 0.6 is 0 Å². The Morgan fingerprint density at radius 2 is 1.59 bits per heavy atom. The monoisotopic (exact) mass is 741 g/mol. The van der Waals surface area contributed by atoms with Crippen molar-refractivity contribution >= 4 is 45.9 Å². The van der Waals surface area contributed by atoms with Crippen LogP contribution in [0.2, 0.25) is 0 Å². The predicted molar refractivity (Wildman–Crippen MR) is 204 cm³/mol. The van der Waals surface area contributed by atoms with Crippen molar-refractivity contribution in [2.75, 3.05) is 58.9 Å². The van der Waals surface area contributed by atoms with Crippen LogP contribution in [0.5, 0.6) is 11.5 Å². The highest BCUT2D eigenvalue weighted by atomic mass is 16.5. The smallest absolute Gasteiger partial charge is 0.329 e. The summed E-state index contributed by atoms with van der Waals surface area (Å²) in [4.78, 5) is 72.6. The standard InChI is InChI=1S/C40H51N7O7/c1-24-27(21-42(4)38(51)40(24,2)3)25-19-32(53-6)28(33(20-25)54-7)22-44-17-18-46(35(49)23-44)26-13-15-45(16-14-26)29-9-8-10-30-36(29)43(5)39(52)47(30)31-11-12-34(48)41-37(31)50/h8-10,19-21,24,26,31H,11-18,22-23H2,1-7H3,(H,41,48,50). The highest BCUT2D eigenvalue weighted by Gasteiger charge is 2.42. The summed E-state index contributed by atoms with van der Waals surface area (Å²) in [7, 11) is 6.79. The third kappa shape index (κ3) is 6.33. The van der Waals surface area contributed by atoms with E-state index in [0.29, 0.717) is 49.7 Å². The predicted octanol–water partition coefficient (Wildman–Crippen LogP) is 3.12. The number of hydrogen-bond donors (Lipinski definition) is 1. The van der Waals surface area contributed by atoms with Crippen LogP contribution in [-0.2, 0) is 32.8 Å². The van der Waals surface area contributed by atoms with Gasteiger partial charge in [-0.2, -0.15) is 0 Å². The van der Waals surface area contributed by atoms with Gasteiger partial charge in [0.25, 0.3) is 0 Å². The second kappa shape index (κ2) is 14.3. The summed E-state index contributed by atoms with van der Waals surface area (Å²) in [6, 6.07) is 9.14. The molecule has 14 heteroatoms. The summed E-state index contributed by atoms with van der Waals surface area (Å²) in [6.07, 6.45) is 3.96. The van der Waals surface area contributed by atoms with Crippen LogP contribution in [0.1, 0.15) is 63.6 Å². The Morgan fingerprint density at radius 1 is 0.907 bits per heavy atom. The van der Waals surface area contributed by atoms with Gasteiger partial charge in [0, 0.05) is 65.5 Å². The number of carbonyl (C=O) groups excluding carboxylic acids is 4. The molecule has 4 aliphatic rings. The molecule has 1 aromatic heterocycles. The van der Waals surface area contributed by atoms with Gasteiger partial charge in [0.05, 0.1) is 48.5 Å². The van der Waals surface area contributed by atoms with Gasteiger partial charge in [-0.05, 0) is 60.6 Å². The number of anilines is 1. The van der Waals surface area contributed by atoms with Crippen molar-refractivity contribution in [1.82, 2.24) is 29.2 Å². The number of benzene rings is 2. The van der Waals surface area contributed by atoms with Gasteiger partial charge in [-0.25, -0.2) is 4.79 Å². The van der Waals surface area contributed by atoms with E-state index in [1.165, 1.54) is 4.57 Å². The number of imide groups is 1. The molecule has 0 radical (unpaired) electrons. The van der Waals surface area contributed by atoms with Gasteiger partial charge in [-0.1, -0.05) is 26.8 Å². The molecule has 288 valence electrons. The van der Waals surface area contributed by atoms with Crippen molar-refractivity contribution in [3.8, 4) is 11.5 Å². The number of para-hydroxylation sites is 1. The minimum absolute atomic E-state index is 0.0200. The molecule has 54 heavy (non-hydrogen) atoms. The molecule has 2 atom stereocenters. The number of imidazole rings is 1. The van der Waals surface area contributed by atoms with Gasteiger partial charge in [0.15, 0.2) is 0 Å². The fourth-order valence-electron chi connectivity index (χ4n) is 8.84. The Hall–Kier alpha value is -5.11. The van der Waals surface area contributed by atoms with E-state index in [1.807, 2.05) is 55.3 Å². The summed E-state index contributed by atoms with van der Waals surface area (Å²) in [5.74, 6) is 0.735. The van der Waals surface area contributed by atoms with Crippen molar-refractivity contribution in [3.05, 3.63) is 58.1 Å². The number of ether oxygens (including phenoxy) is 2. The number of nitrogens with one attached hydrogen (secondary N) is 1. The van der Waals surface area contributed by atoms with Crippen LogP contribution in [0.3, 0.4) is 0 Å². The molecule has 2 aromatic carbocycles. The summed E-state index contributed by atoms with van der Waals surface area (Å²) in [5, 5.41) is 2.38. The fourth-order valence-corrected chi connectivity index (χ4v) is 8.84. The Morgan fingerprint density at radius 3 is 2.22 bits per heavy atom. The molecule has 3 aromatic rings. The lowest BCUT2D eigenvalue weighted by atomic mass is 9.71. The molecule has 4 aliphatic heterocycles. The summed E-state index contributed by atoms with van der Waals surface area (Å²) < 4.78 is 14.9. The lowest BCUT2D eigenvalue weighted by molar-refractivity contribution is -0.140. The number of allylic oxidation sites excluding steroid dienone is 1. The van der Waals surface area contributed by atoms with E-state index < -0.39 is 17.4 Å². The normalized spacial score (nSPS) is 22.9. The zero-order chi connectivity index (χ0) is 38.6. The van der Waals surface area contributed by atoms with Gasteiger partial charge >= 0.3 is 5.69 Å². The Bertz CT molecular complexity index is 2080. The van der Waals surface area contributed by atoms with E-state index in [-0.39, 0.29) is 54.8 Å². The zero-order valence-corrected chi connectivity index (χ0v) is 32.3. The topological polar surface area (TPSA) is 139 Å². The second-order valence-electron chi connectivity index (χ2n) is 15.6. The maximum absolute atomic E-state index is 13.7. The van der Waals surface area contributed by atoms with Crippen molar-refractivity contribution < 1.29 is 28.7 Å². The number of piperidine rings is 2. The lowest BCUT2D eigenvalue weighted by Crippen LogP contribution is -2.56. The maximum atomic E-state index is 13.7. The molecule has 1 N–H and O–H groups in total. The Kier molecular flexibility index (Phi) is 9.84. The van der Waals surface area contributed by atoms with Gasteiger partial charge in [0.2, 0.25) is 23.6 Å². The van der Waals surface area contributed by atoms with Crippen molar-refractivity contribution in [1.29, 1.82) is 0 Å². The molecule has 2 unspecified atom stereocenters. The maximum Gasteiger partial charge on any atom is 0.329 e. The van der Waals surface area contributed by atoms with E-state index in [9.17, 15) is 24.0 Å². The summed E-state index contributed by atoms with van der Waals surface area (Å²) in [6.45, 7) is 9.55. The molecule has 7 rings (SSSR count). The number of amides is 4. The Balaban J connectivity index is 1.02. The third-order valence-corrected chi connectivity index (χ3v) is 12.3. The van der Waals surface area contributed by atoms with Crippen LogP contribution in [0.4, 0.5) is 5.69 Å². The number of aromatic nitrogens is 2. The molecular formula is C40H51N7O7. The number of rotatable bonds is 8. The largest absolute Gasteiger partial charge is 0.496 e. The molecule has 3 fully saturated rings. The zero-order valence-electron chi connectivity index (χ0n) is 32.3. The molecule has 0 bridgehead atoms. The molecule has 0 aliphatic carbocycles. The minimum atomic E-state index is -0.739. The highest BCUT2D eigenvalue weighted by Crippen LogP contribution is 2.45. The van der Waals surface area contributed by atoms with Crippen LogP contribution in [-0.4, -0.2) is 107 Å². The van der Waals surface area contributed by atoms with Crippen molar-refractivity contribution in [3.63, 3.8) is 0 Å². The summed E-state index contributed by atoms with van der Waals surface area (Å²) in [5.41, 5.74) is 4.33. The minimum Gasteiger partial charge on any atom is -0.496 e. The van der Waals surface area contributed by atoms with E-state index in [4.69, 9.17) is 9.47 Å². The van der Waals surface area contributed by atoms with E-state index in [1.54, 1.807) is 37.8 Å². The summed E-state index contributed by atoms with van der Waals surface area (Å²) >= 11 is 0. The molecule has 0 spiro atoms. The van der Waals surface area contributed by atoms with E-state index in [2.05, 4.69) is 22.0 Å². The quantitative estimate of drug-likeness (QED) is 0.346. The highest BCUT2D eigenvalue weighted by molar-refractivity contribution is 6.00. The number of aryl methyl sites for hydroxylation is 1. The van der Waals surface area contributed by atoms with Crippen LogP contribution < -0.4 is 25.4 Å². The molecular weight excluding hydrogens is 690 g/mol. The third-order valence-electron chi connectivity index (χ3n) is 12.3. The molecule has 5 heterocycles. The first-order valence-corrected chi connectivity index (χ1v) is 18.8. The number of piperazine rings is 1. The molecule has 14 nitrogen and oxygen atoms in total. The lowest BCUT2D eigenvalue weighted by Gasteiger charge is -2.43. The number of nitrogens with zero attached hydrogens (tertiary/aromatic N) is 6. The van der Waals surface area contributed by atoms with Crippen LogP contribution in [0.15, 0.2) is 41.3 Å². The van der Waals surface area contributed by atoms with Gasteiger partial charge in [-0.3, -0.25) is 38.5 Å². The SMILES string of the molecule is COc1cc(C2=CN(C)C(=O)C(C)(C)C2C)cc(OC)c1CN1CCN(C2CCN(c3cccc4c3n(C)c(=O)n4C3CCC(=O)NC3=O)CC2)C(=O)C1. The number of hydrogen-bond acceptors (Lipinski definition) is 9. The van der Waals surface area contributed by atoms with Crippen LogP contribution in [0.25, 0.3) is 16.6 Å². The van der Waals surface area contributed by atoms with E-state index >= 15 is 0 Å². The number of fused-ring (bicyclic) bond motifs is 1.